The van der Waals surface area contributed by atoms with E-state index in [9.17, 15) is 4.39 Å². The zero-order valence-electron chi connectivity index (χ0n) is 12.0. The van der Waals surface area contributed by atoms with E-state index in [1.54, 1.807) is 12.1 Å². The topological polar surface area (TPSA) is 29.9 Å². The van der Waals surface area contributed by atoms with Crippen LogP contribution in [0.4, 0.5) is 4.39 Å². The fourth-order valence-corrected chi connectivity index (χ4v) is 2.38. The SMILES string of the molecule is CCc1nn(C)cc1CNC(C)c1ccc(F)c(Cl)c1. The Morgan fingerprint density at radius 3 is 2.85 bits per heavy atom. The summed E-state index contributed by atoms with van der Waals surface area (Å²) in [5.41, 5.74) is 3.26. The Morgan fingerprint density at radius 2 is 2.20 bits per heavy atom. The van der Waals surface area contributed by atoms with Crippen LogP contribution in [-0.4, -0.2) is 9.78 Å². The third kappa shape index (κ3) is 3.38. The summed E-state index contributed by atoms with van der Waals surface area (Å²) in [6, 6.07) is 4.91. The summed E-state index contributed by atoms with van der Waals surface area (Å²) in [6.45, 7) is 4.85. The van der Waals surface area contributed by atoms with Crippen LogP contribution in [0, 0.1) is 5.82 Å². The highest BCUT2D eigenvalue weighted by atomic mass is 35.5. The molecule has 0 spiro atoms. The molecule has 5 heteroatoms. The smallest absolute Gasteiger partial charge is 0.141 e. The van der Waals surface area contributed by atoms with Gasteiger partial charge in [-0.1, -0.05) is 24.6 Å². The van der Waals surface area contributed by atoms with Gasteiger partial charge in [0.05, 0.1) is 10.7 Å². The number of halogens is 2. The quantitative estimate of drug-likeness (QED) is 0.913. The Labute approximate surface area is 123 Å². The number of rotatable bonds is 5. The molecular formula is C15H19ClFN3. The summed E-state index contributed by atoms with van der Waals surface area (Å²) in [4.78, 5) is 0. The summed E-state index contributed by atoms with van der Waals surface area (Å²) < 4.78 is 15.0. The fraction of sp³-hybridized carbons (Fsp3) is 0.400. The van der Waals surface area contributed by atoms with Gasteiger partial charge in [0, 0.05) is 31.4 Å². The van der Waals surface area contributed by atoms with E-state index in [4.69, 9.17) is 11.6 Å². The van der Waals surface area contributed by atoms with Crippen molar-refractivity contribution in [3.05, 3.63) is 52.1 Å². The first-order valence-corrected chi connectivity index (χ1v) is 7.08. The van der Waals surface area contributed by atoms with Crippen LogP contribution in [0.25, 0.3) is 0 Å². The molecule has 0 aliphatic heterocycles. The molecule has 0 aliphatic rings. The summed E-state index contributed by atoms with van der Waals surface area (Å²) >= 11 is 5.81. The highest BCUT2D eigenvalue weighted by molar-refractivity contribution is 6.30. The molecule has 0 aliphatic carbocycles. The Kier molecular flexibility index (Phi) is 4.78. The van der Waals surface area contributed by atoms with Gasteiger partial charge in [0.25, 0.3) is 0 Å². The number of nitrogens with zero attached hydrogens (tertiary/aromatic N) is 2. The molecule has 0 radical (unpaired) electrons. The van der Waals surface area contributed by atoms with Gasteiger partial charge in [0.15, 0.2) is 0 Å². The van der Waals surface area contributed by atoms with Gasteiger partial charge < -0.3 is 5.32 Å². The molecule has 3 nitrogen and oxygen atoms in total. The minimum Gasteiger partial charge on any atom is -0.306 e. The van der Waals surface area contributed by atoms with Gasteiger partial charge >= 0.3 is 0 Å². The van der Waals surface area contributed by atoms with E-state index in [0.717, 1.165) is 24.2 Å². The van der Waals surface area contributed by atoms with E-state index < -0.39 is 0 Å². The highest BCUT2D eigenvalue weighted by Crippen LogP contribution is 2.21. The van der Waals surface area contributed by atoms with E-state index in [1.165, 1.54) is 11.6 Å². The fourth-order valence-electron chi connectivity index (χ4n) is 2.19. The van der Waals surface area contributed by atoms with Crippen molar-refractivity contribution in [2.24, 2.45) is 7.05 Å². The molecule has 20 heavy (non-hydrogen) atoms. The summed E-state index contributed by atoms with van der Waals surface area (Å²) in [5, 5.41) is 7.99. The van der Waals surface area contributed by atoms with Gasteiger partial charge in [-0.15, -0.1) is 0 Å². The second kappa shape index (κ2) is 6.37. The Balaban J connectivity index is 2.04. The first-order chi connectivity index (χ1) is 9.51. The van der Waals surface area contributed by atoms with Crippen molar-refractivity contribution in [1.82, 2.24) is 15.1 Å². The second-order valence-electron chi connectivity index (χ2n) is 4.90. The van der Waals surface area contributed by atoms with Crippen molar-refractivity contribution in [3.8, 4) is 0 Å². The van der Waals surface area contributed by atoms with E-state index in [1.807, 2.05) is 24.9 Å². The molecule has 108 valence electrons. The van der Waals surface area contributed by atoms with E-state index >= 15 is 0 Å². The first kappa shape index (κ1) is 15.0. The van der Waals surface area contributed by atoms with Crippen molar-refractivity contribution in [1.29, 1.82) is 0 Å². The van der Waals surface area contributed by atoms with Gasteiger partial charge in [0.1, 0.15) is 5.82 Å². The molecule has 2 rings (SSSR count). The molecular weight excluding hydrogens is 277 g/mol. The third-order valence-corrected chi connectivity index (χ3v) is 3.66. The highest BCUT2D eigenvalue weighted by Gasteiger charge is 2.10. The zero-order chi connectivity index (χ0) is 14.7. The monoisotopic (exact) mass is 295 g/mol. The molecule has 1 heterocycles. The van der Waals surface area contributed by atoms with Crippen LogP contribution in [0.3, 0.4) is 0 Å². The van der Waals surface area contributed by atoms with Crippen LogP contribution in [-0.2, 0) is 20.0 Å². The average molecular weight is 296 g/mol. The molecule has 0 bridgehead atoms. The van der Waals surface area contributed by atoms with Crippen LogP contribution in [0.2, 0.25) is 5.02 Å². The van der Waals surface area contributed by atoms with E-state index in [-0.39, 0.29) is 16.9 Å². The van der Waals surface area contributed by atoms with Crippen molar-refractivity contribution >= 4 is 11.6 Å². The molecule has 1 atom stereocenters. The van der Waals surface area contributed by atoms with Crippen molar-refractivity contribution in [3.63, 3.8) is 0 Å². The molecule has 1 aromatic carbocycles. The minimum atomic E-state index is -0.386. The van der Waals surface area contributed by atoms with Gasteiger partial charge in [-0.3, -0.25) is 4.68 Å². The molecule has 1 aromatic heterocycles. The van der Waals surface area contributed by atoms with Crippen LogP contribution in [0.1, 0.15) is 36.7 Å². The summed E-state index contributed by atoms with van der Waals surface area (Å²) in [5.74, 6) is -0.386. The number of benzene rings is 1. The first-order valence-electron chi connectivity index (χ1n) is 6.71. The van der Waals surface area contributed by atoms with Crippen LogP contribution in [0.15, 0.2) is 24.4 Å². The van der Waals surface area contributed by atoms with Gasteiger partial charge in [-0.05, 0) is 31.0 Å². The van der Waals surface area contributed by atoms with E-state index in [0.29, 0.717) is 0 Å². The van der Waals surface area contributed by atoms with E-state index in [2.05, 4.69) is 17.3 Å². The number of hydrogen-bond acceptors (Lipinski definition) is 2. The maximum absolute atomic E-state index is 13.2. The third-order valence-electron chi connectivity index (χ3n) is 3.37. The number of hydrogen-bond donors (Lipinski definition) is 1. The predicted octanol–water partition coefficient (Wildman–Crippen LogP) is 3.63. The Bertz CT molecular complexity index is 595. The number of nitrogens with one attached hydrogen (secondary N) is 1. The number of aryl methyl sites for hydroxylation is 2. The normalized spacial score (nSPS) is 12.7. The summed E-state index contributed by atoms with van der Waals surface area (Å²) in [6.07, 6.45) is 2.94. The summed E-state index contributed by atoms with van der Waals surface area (Å²) in [7, 11) is 1.92. The van der Waals surface area contributed by atoms with Crippen LogP contribution < -0.4 is 5.32 Å². The lowest BCUT2D eigenvalue weighted by atomic mass is 10.1. The van der Waals surface area contributed by atoms with Gasteiger partial charge in [-0.2, -0.15) is 5.10 Å². The number of aromatic nitrogens is 2. The maximum atomic E-state index is 13.2. The minimum absolute atomic E-state index is 0.0954. The van der Waals surface area contributed by atoms with Crippen molar-refractivity contribution < 1.29 is 4.39 Å². The lowest BCUT2D eigenvalue weighted by Gasteiger charge is -2.14. The van der Waals surface area contributed by atoms with Crippen molar-refractivity contribution in [2.45, 2.75) is 32.9 Å². The molecule has 1 unspecified atom stereocenters. The molecule has 1 N–H and O–H groups in total. The van der Waals surface area contributed by atoms with Crippen LogP contribution >= 0.6 is 11.6 Å². The molecule has 0 fully saturated rings. The van der Waals surface area contributed by atoms with Gasteiger partial charge in [0.2, 0.25) is 0 Å². The molecule has 0 amide bonds. The molecule has 0 saturated heterocycles. The zero-order valence-corrected chi connectivity index (χ0v) is 12.7. The second-order valence-corrected chi connectivity index (χ2v) is 5.31. The largest absolute Gasteiger partial charge is 0.306 e. The average Bonchev–Trinajstić information content (AvgIpc) is 2.79. The predicted molar refractivity (Wildman–Crippen MR) is 79.3 cm³/mol. The molecule has 0 saturated carbocycles. The van der Waals surface area contributed by atoms with Gasteiger partial charge in [-0.25, -0.2) is 4.39 Å². The molecule has 2 aromatic rings. The lowest BCUT2D eigenvalue weighted by molar-refractivity contribution is 0.569. The maximum Gasteiger partial charge on any atom is 0.141 e. The van der Waals surface area contributed by atoms with Crippen molar-refractivity contribution in [2.75, 3.05) is 0 Å². The Hall–Kier alpha value is -1.39. The Morgan fingerprint density at radius 1 is 1.45 bits per heavy atom. The lowest BCUT2D eigenvalue weighted by Crippen LogP contribution is -2.18. The van der Waals surface area contributed by atoms with Crippen LogP contribution in [0.5, 0.6) is 0 Å². The standard InChI is InChI=1S/C15H19ClFN3/c1-4-15-12(9-20(3)19-15)8-18-10(2)11-5-6-14(17)13(16)7-11/h5-7,9-10,18H,4,8H2,1-3H3.